The predicted molar refractivity (Wildman–Crippen MR) is 124 cm³/mol. The molecule has 0 aromatic heterocycles. The van der Waals surface area contributed by atoms with E-state index in [2.05, 4.69) is 0 Å². The molecule has 0 aliphatic rings. The number of likely N-dealkylation sites (N-methyl/N-ethyl adjacent to an activating group) is 1. The number of carboxylic acids is 2. The quantitative estimate of drug-likeness (QED) is 0.249. The number of quaternary nitrogens is 1. The van der Waals surface area contributed by atoms with Crippen molar-refractivity contribution < 1.29 is 52.9 Å². The topological polar surface area (TPSA) is 154 Å². The maximum absolute atomic E-state index is 13.1. The average molecular weight is 502 g/mol. The van der Waals surface area contributed by atoms with E-state index in [0.29, 0.717) is 0 Å². The molecular formula is C25H28NO10+. The smallest absolute Gasteiger partial charge is 0.352 e. The van der Waals surface area contributed by atoms with Gasteiger partial charge in [-0.2, -0.15) is 0 Å². The average Bonchev–Trinajstić information content (AvgIpc) is 2.80. The fourth-order valence-electron chi connectivity index (χ4n) is 3.17. The third kappa shape index (κ3) is 8.84. The zero-order valence-electron chi connectivity index (χ0n) is 20.0. The number of rotatable bonds is 12. The molecule has 0 heterocycles. The number of hydrogen-bond donors (Lipinski definition) is 2. The standard InChI is InChI=1S/C25H27NO10/c1-26(2,3)15-18(14-19(27)28)34-25(33)21(36-24(32)17-12-8-5-9-13-17)20(22(29)30)35-23(31)16-10-6-4-7-11-16/h4-13,18,20-21H,14-15H2,1-3H3,(H-,27,28,29,30)/p+1/t18?,20-,21-/m1/s1. The molecule has 0 saturated carbocycles. The molecule has 11 heteroatoms. The molecule has 11 nitrogen and oxygen atoms in total. The van der Waals surface area contributed by atoms with Crippen LogP contribution in [0.4, 0.5) is 0 Å². The number of benzene rings is 2. The molecule has 0 amide bonds. The van der Waals surface area contributed by atoms with Crippen LogP contribution in [0.15, 0.2) is 60.7 Å². The van der Waals surface area contributed by atoms with Crippen molar-refractivity contribution in [2.75, 3.05) is 27.7 Å². The Labute approximate surface area is 207 Å². The van der Waals surface area contributed by atoms with Crippen molar-refractivity contribution in [1.82, 2.24) is 0 Å². The van der Waals surface area contributed by atoms with E-state index in [9.17, 15) is 34.2 Å². The molecule has 0 bridgehead atoms. The van der Waals surface area contributed by atoms with Gasteiger partial charge in [0.1, 0.15) is 6.54 Å². The zero-order chi connectivity index (χ0) is 26.9. The first-order chi connectivity index (χ1) is 16.9. The molecule has 2 aromatic rings. The second-order valence-electron chi connectivity index (χ2n) is 8.85. The van der Waals surface area contributed by atoms with Gasteiger partial charge in [0.15, 0.2) is 6.10 Å². The summed E-state index contributed by atoms with van der Waals surface area (Å²) in [5.74, 6) is -6.55. The molecule has 1 unspecified atom stereocenters. The summed E-state index contributed by atoms with van der Waals surface area (Å²) in [6.07, 6.45) is -6.26. The highest BCUT2D eigenvalue weighted by Crippen LogP contribution is 2.17. The van der Waals surface area contributed by atoms with Crippen molar-refractivity contribution in [1.29, 1.82) is 0 Å². The Morgan fingerprint density at radius 3 is 1.56 bits per heavy atom. The first kappa shape index (κ1) is 28.0. The van der Waals surface area contributed by atoms with Crippen LogP contribution in [0.5, 0.6) is 0 Å². The van der Waals surface area contributed by atoms with Crippen LogP contribution < -0.4 is 0 Å². The second-order valence-corrected chi connectivity index (χ2v) is 8.85. The Balaban J connectivity index is 2.38. The molecule has 0 aliphatic carbocycles. The van der Waals surface area contributed by atoms with Gasteiger partial charge < -0.3 is 28.9 Å². The number of esters is 3. The van der Waals surface area contributed by atoms with Crippen LogP contribution in [0.2, 0.25) is 0 Å². The van der Waals surface area contributed by atoms with E-state index in [-0.39, 0.29) is 22.2 Å². The van der Waals surface area contributed by atoms with Gasteiger partial charge >= 0.3 is 29.8 Å². The first-order valence-electron chi connectivity index (χ1n) is 10.8. The van der Waals surface area contributed by atoms with Crippen LogP contribution in [-0.2, 0) is 28.6 Å². The van der Waals surface area contributed by atoms with Gasteiger partial charge in [0.05, 0.1) is 38.7 Å². The Morgan fingerprint density at radius 1 is 0.722 bits per heavy atom. The van der Waals surface area contributed by atoms with E-state index in [1.807, 2.05) is 0 Å². The van der Waals surface area contributed by atoms with Gasteiger partial charge in [-0.05, 0) is 24.3 Å². The van der Waals surface area contributed by atoms with Crippen LogP contribution in [-0.4, -0.2) is 90.5 Å². The Hall–Kier alpha value is -4.25. The molecular weight excluding hydrogens is 474 g/mol. The minimum absolute atomic E-state index is 0.000889. The first-order valence-corrected chi connectivity index (χ1v) is 10.8. The van der Waals surface area contributed by atoms with Crippen molar-refractivity contribution in [2.45, 2.75) is 24.7 Å². The summed E-state index contributed by atoms with van der Waals surface area (Å²) in [5, 5.41) is 19.0. The van der Waals surface area contributed by atoms with E-state index < -0.39 is 54.6 Å². The number of carbonyl (C=O) groups excluding carboxylic acids is 3. The molecule has 0 saturated heterocycles. The molecule has 2 rings (SSSR count). The van der Waals surface area contributed by atoms with Gasteiger partial charge in [-0.3, -0.25) is 4.79 Å². The molecule has 0 spiro atoms. The molecule has 36 heavy (non-hydrogen) atoms. The minimum atomic E-state index is -2.27. The molecule has 192 valence electrons. The van der Waals surface area contributed by atoms with Crippen LogP contribution in [0, 0.1) is 0 Å². The number of hydrogen-bond acceptors (Lipinski definition) is 8. The number of carboxylic acid groups (broad SMARTS) is 2. The molecule has 2 N–H and O–H groups in total. The highest BCUT2D eigenvalue weighted by Gasteiger charge is 2.43. The summed E-state index contributed by atoms with van der Waals surface area (Å²) in [4.78, 5) is 61.7. The fraction of sp³-hybridized carbons (Fsp3) is 0.320. The number of nitrogens with zero attached hydrogens (tertiary/aromatic N) is 1. The van der Waals surface area contributed by atoms with E-state index in [0.717, 1.165) is 0 Å². The lowest BCUT2D eigenvalue weighted by atomic mass is 10.1. The Morgan fingerprint density at radius 2 is 1.17 bits per heavy atom. The summed E-state index contributed by atoms with van der Waals surface area (Å²) in [6.45, 7) is 0.0545. The number of ether oxygens (including phenoxy) is 3. The summed E-state index contributed by atoms with van der Waals surface area (Å²) in [5.41, 5.74) is 0.00121. The van der Waals surface area contributed by atoms with Gasteiger partial charge in [-0.25, -0.2) is 19.2 Å². The Bertz CT molecular complexity index is 1080. The highest BCUT2D eigenvalue weighted by atomic mass is 16.6. The largest absolute Gasteiger partial charge is 0.481 e. The third-order valence-corrected chi connectivity index (χ3v) is 4.67. The van der Waals surface area contributed by atoms with Gasteiger partial charge in [-0.1, -0.05) is 36.4 Å². The Kier molecular flexibility index (Phi) is 9.68. The SMILES string of the molecule is C[N+](C)(C)CC(CC(=O)O)OC(=O)[C@H](OC(=O)c1ccccc1)[C@@H](OC(=O)c1ccccc1)C(=O)O. The zero-order valence-corrected chi connectivity index (χ0v) is 20.0. The van der Waals surface area contributed by atoms with Gasteiger partial charge in [0, 0.05) is 0 Å². The van der Waals surface area contributed by atoms with E-state index in [1.54, 1.807) is 33.3 Å². The number of aliphatic carboxylic acids is 2. The fourth-order valence-corrected chi connectivity index (χ4v) is 3.17. The lowest BCUT2D eigenvalue weighted by molar-refractivity contribution is -0.873. The third-order valence-electron chi connectivity index (χ3n) is 4.67. The van der Waals surface area contributed by atoms with Crippen molar-refractivity contribution in [3.8, 4) is 0 Å². The monoisotopic (exact) mass is 502 g/mol. The van der Waals surface area contributed by atoms with Gasteiger partial charge in [0.2, 0.25) is 12.2 Å². The van der Waals surface area contributed by atoms with Crippen molar-refractivity contribution in [2.24, 2.45) is 0 Å². The van der Waals surface area contributed by atoms with E-state index >= 15 is 0 Å². The van der Waals surface area contributed by atoms with Crippen LogP contribution in [0.25, 0.3) is 0 Å². The van der Waals surface area contributed by atoms with E-state index in [4.69, 9.17) is 14.2 Å². The normalized spacial score (nSPS) is 13.5. The maximum Gasteiger partial charge on any atom is 0.352 e. The van der Waals surface area contributed by atoms with Crippen molar-refractivity contribution in [3.63, 3.8) is 0 Å². The molecule has 0 aliphatic heterocycles. The van der Waals surface area contributed by atoms with Crippen LogP contribution in [0.3, 0.4) is 0 Å². The summed E-state index contributed by atoms with van der Waals surface area (Å²) in [7, 11) is 5.20. The van der Waals surface area contributed by atoms with Gasteiger partial charge in [0.25, 0.3) is 0 Å². The second kappa shape index (κ2) is 12.5. The molecule has 2 aromatic carbocycles. The van der Waals surface area contributed by atoms with Gasteiger partial charge in [-0.15, -0.1) is 0 Å². The molecule has 0 fully saturated rings. The summed E-state index contributed by atoms with van der Waals surface area (Å²) >= 11 is 0. The number of carbonyl (C=O) groups is 5. The molecule has 3 atom stereocenters. The maximum atomic E-state index is 13.1. The lowest BCUT2D eigenvalue weighted by Gasteiger charge is -2.30. The lowest BCUT2D eigenvalue weighted by Crippen LogP contribution is -2.49. The highest BCUT2D eigenvalue weighted by molar-refractivity contribution is 5.95. The van der Waals surface area contributed by atoms with Crippen LogP contribution in [0.1, 0.15) is 27.1 Å². The molecule has 0 radical (unpaired) electrons. The van der Waals surface area contributed by atoms with Crippen molar-refractivity contribution in [3.05, 3.63) is 71.8 Å². The minimum Gasteiger partial charge on any atom is -0.481 e. The van der Waals surface area contributed by atoms with Crippen molar-refractivity contribution >= 4 is 29.8 Å². The van der Waals surface area contributed by atoms with Crippen LogP contribution >= 0.6 is 0 Å². The van der Waals surface area contributed by atoms with E-state index in [1.165, 1.54) is 48.5 Å². The summed E-state index contributed by atoms with van der Waals surface area (Å²) in [6, 6.07) is 14.8. The predicted octanol–water partition coefficient (Wildman–Crippen LogP) is 1.61. The summed E-state index contributed by atoms with van der Waals surface area (Å²) < 4.78 is 15.7.